The van der Waals surface area contributed by atoms with Gasteiger partial charge in [-0.1, -0.05) is 32.1 Å². The van der Waals surface area contributed by atoms with Crippen molar-refractivity contribution >= 4 is 0 Å². The Kier molecular flexibility index (Phi) is 7.38. The highest BCUT2D eigenvalue weighted by Crippen LogP contribution is 2.59. The first kappa shape index (κ1) is 22.3. The summed E-state index contributed by atoms with van der Waals surface area (Å²) in [5.41, 5.74) is 3.08. The molecular formula is C24H38N2O3. The van der Waals surface area contributed by atoms with Gasteiger partial charge in [-0.2, -0.15) is 0 Å². The quantitative estimate of drug-likeness (QED) is 0.557. The summed E-state index contributed by atoms with van der Waals surface area (Å²) < 4.78 is 11.1. The lowest BCUT2D eigenvalue weighted by Gasteiger charge is -2.56. The van der Waals surface area contributed by atoms with Gasteiger partial charge in [0.1, 0.15) is 5.75 Å². The Balaban J connectivity index is 1.38. The van der Waals surface area contributed by atoms with Gasteiger partial charge < -0.3 is 24.8 Å². The Bertz CT molecular complexity index is 684. The molecule has 1 saturated carbocycles. The van der Waals surface area contributed by atoms with E-state index in [1.54, 1.807) is 7.11 Å². The van der Waals surface area contributed by atoms with Crippen LogP contribution in [0.5, 0.6) is 5.75 Å². The number of aliphatic hydroxyl groups is 1. The van der Waals surface area contributed by atoms with Gasteiger partial charge in [-0.05, 0) is 67.5 Å². The second kappa shape index (κ2) is 9.61. The van der Waals surface area contributed by atoms with E-state index in [4.69, 9.17) is 9.47 Å². The maximum absolute atomic E-state index is 10.3. The van der Waals surface area contributed by atoms with Crippen LogP contribution in [0.25, 0.3) is 0 Å². The molecule has 4 atom stereocenters. The van der Waals surface area contributed by atoms with Crippen LogP contribution in [0.4, 0.5) is 0 Å². The Labute approximate surface area is 176 Å². The van der Waals surface area contributed by atoms with Gasteiger partial charge >= 0.3 is 0 Å². The number of rotatable bonds is 11. The summed E-state index contributed by atoms with van der Waals surface area (Å²) in [5.74, 6) is 2.38. The number of aliphatic hydroxyl groups excluding tert-OH is 1. The molecule has 2 N–H and O–H groups in total. The maximum Gasteiger partial charge on any atom is 0.118 e. The first-order valence-electron chi connectivity index (χ1n) is 10.8. The predicted octanol–water partition coefficient (Wildman–Crippen LogP) is 3.26. The van der Waals surface area contributed by atoms with E-state index in [9.17, 15) is 5.11 Å². The summed E-state index contributed by atoms with van der Waals surface area (Å²) in [6.07, 6.45) is 4.36. The van der Waals surface area contributed by atoms with E-state index in [-0.39, 0.29) is 6.04 Å². The van der Waals surface area contributed by atoms with Crippen LogP contribution in [0.3, 0.4) is 0 Å². The normalized spacial score (nSPS) is 24.6. The first-order chi connectivity index (χ1) is 13.8. The Morgan fingerprint density at radius 3 is 2.52 bits per heavy atom. The largest absolute Gasteiger partial charge is 0.497 e. The Morgan fingerprint density at radius 1 is 1.21 bits per heavy atom. The summed E-state index contributed by atoms with van der Waals surface area (Å²) in [6, 6.07) is 8.39. The van der Waals surface area contributed by atoms with Crippen LogP contribution < -0.4 is 10.1 Å². The number of nitrogens with one attached hydrogen (secondary N) is 1. The van der Waals surface area contributed by atoms with Gasteiger partial charge in [0.2, 0.25) is 0 Å². The lowest BCUT2D eigenvalue weighted by molar-refractivity contribution is -0.0235. The van der Waals surface area contributed by atoms with Crippen molar-refractivity contribution in [2.24, 2.45) is 17.3 Å². The van der Waals surface area contributed by atoms with Gasteiger partial charge in [0.05, 0.1) is 26.4 Å². The number of methoxy groups -OCH3 is 1. The second-order valence-corrected chi connectivity index (χ2v) is 9.40. The van der Waals surface area contributed by atoms with Crippen LogP contribution in [0.2, 0.25) is 0 Å². The topological polar surface area (TPSA) is 54.0 Å². The summed E-state index contributed by atoms with van der Waals surface area (Å²) in [4.78, 5) is 2.18. The Hall–Kier alpha value is -1.40. The Morgan fingerprint density at radius 2 is 1.93 bits per heavy atom. The van der Waals surface area contributed by atoms with E-state index in [1.165, 1.54) is 24.0 Å². The predicted molar refractivity (Wildman–Crippen MR) is 117 cm³/mol. The van der Waals surface area contributed by atoms with Crippen molar-refractivity contribution < 1.29 is 14.6 Å². The monoisotopic (exact) mass is 402 g/mol. The third kappa shape index (κ3) is 5.21. The molecule has 2 bridgehead atoms. The average molecular weight is 403 g/mol. The molecule has 1 aromatic rings. The zero-order chi connectivity index (χ0) is 21.0. The lowest BCUT2D eigenvalue weighted by atomic mass is 9.49. The number of benzene rings is 1. The smallest absolute Gasteiger partial charge is 0.118 e. The van der Waals surface area contributed by atoms with E-state index in [0.717, 1.165) is 18.2 Å². The van der Waals surface area contributed by atoms with Crippen molar-refractivity contribution in [3.8, 4) is 5.75 Å². The molecule has 0 spiro atoms. The van der Waals surface area contributed by atoms with E-state index < -0.39 is 6.10 Å². The SMILES string of the molecule is COc1ccc([C@H](CNC[C@@H](O)COCC2=CC[C@H]3C[C@@H]2C3(C)C)N(C)C)cc1. The summed E-state index contributed by atoms with van der Waals surface area (Å²) >= 11 is 0. The molecule has 3 aliphatic rings. The van der Waals surface area contributed by atoms with Crippen LogP contribution in [-0.4, -0.2) is 63.6 Å². The van der Waals surface area contributed by atoms with Crippen molar-refractivity contribution in [2.45, 2.75) is 38.8 Å². The summed E-state index contributed by atoms with van der Waals surface area (Å²) in [6.45, 7) is 7.07. The minimum atomic E-state index is -0.500. The van der Waals surface area contributed by atoms with E-state index in [0.29, 0.717) is 31.1 Å². The zero-order valence-electron chi connectivity index (χ0n) is 18.6. The minimum absolute atomic E-state index is 0.232. The molecule has 1 aromatic carbocycles. The third-order valence-corrected chi connectivity index (χ3v) is 7.00. The van der Waals surface area contributed by atoms with Crippen molar-refractivity contribution in [2.75, 3.05) is 47.5 Å². The number of nitrogens with zero attached hydrogens (tertiary/aromatic N) is 1. The van der Waals surface area contributed by atoms with Gasteiger partial charge in [-0.15, -0.1) is 0 Å². The van der Waals surface area contributed by atoms with E-state index in [1.807, 2.05) is 12.1 Å². The zero-order valence-corrected chi connectivity index (χ0v) is 18.6. The van der Waals surface area contributed by atoms with Gasteiger partial charge in [-0.25, -0.2) is 0 Å². The molecule has 0 radical (unpaired) electrons. The highest BCUT2D eigenvalue weighted by atomic mass is 16.5. The highest BCUT2D eigenvalue weighted by molar-refractivity contribution is 5.29. The second-order valence-electron chi connectivity index (χ2n) is 9.40. The van der Waals surface area contributed by atoms with Crippen molar-refractivity contribution in [3.05, 3.63) is 41.5 Å². The third-order valence-electron chi connectivity index (χ3n) is 7.00. The molecular weight excluding hydrogens is 364 g/mol. The molecule has 1 fully saturated rings. The molecule has 0 aliphatic heterocycles. The molecule has 5 nitrogen and oxygen atoms in total. The van der Waals surface area contributed by atoms with E-state index >= 15 is 0 Å². The van der Waals surface area contributed by atoms with Crippen molar-refractivity contribution in [1.29, 1.82) is 0 Å². The molecule has 29 heavy (non-hydrogen) atoms. The number of hydrogen-bond donors (Lipinski definition) is 2. The molecule has 0 saturated heterocycles. The van der Waals surface area contributed by atoms with Gasteiger partial charge in [0.15, 0.2) is 0 Å². The van der Waals surface area contributed by atoms with Crippen LogP contribution in [0.15, 0.2) is 35.9 Å². The van der Waals surface area contributed by atoms with Crippen LogP contribution in [-0.2, 0) is 4.74 Å². The maximum atomic E-state index is 10.3. The number of fused-ring (bicyclic) bond motifs is 1. The molecule has 162 valence electrons. The van der Waals surface area contributed by atoms with Crippen LogP contribution in [0.1, 0.15) is 38.3 Å². The fourth-order valence-electron chi connectivity index (χ4n) is 4.82. The summed E-state index contributed by atoms with van der Waals surface area (Å²) in [7, 11) is 5.82. The standard InChI is InChI=1S/C24H38N2O3/c1-24(2)19-9-6-18(22(24)12-19)15-29-16-20(27)13-25-14-23(26(3)4)17-7-10-21(28-5)11-8-17/h6-8,10-11,19-20,22-23,25,27H,9,12-16H2,1-5H3/t19-,20+,22-,23-/m0/s1. The minimum Gasteiger partial charge on any atom is -0.497 e. The molecule has 0 unspecified atom stereocenters. The molecule has 5 heteroatoms. The van der Waals surface area contributed by atoms with Gasteiger partial charge in [0.25, 0.3) is 0 Å². The van der Waals surface area contributed by atoms with E-state index in [2.05, 4.69) is 56.4 Å². The van der Waals surface area contributed by atoms with Crippen LogP contribution in [0, 0.1) is 17.3 Å². The lowest BCUT2D eigenvalue weighted by Crippen LogP contribution is -2.48. The molecule has 0 heterocycles. The molecule has 0 amide bonds. The number of hydrogen-bond acceptors (Lipinski definition) is 5. The summed E-state index contributed by atoms with van der Waals surface area (Å²) in [5, 5.41) is 13.7. The van der Waals surface area contributed by atoms with Crippen LogP contribution >= 0.6 is 0 Å². The fourth-order valence-corrected chi connectivity index (χ4v) is 4.82. The number of ether oxygens (including phenoxy) is 2. The van der Waals surface area contributed by atoms with Crippen molar-refractivity contribution in [3.63, 3.8) is 0 Å². The molecule has 0 aromatic heterocycles. The number of allylic oxidation sites excluding steroid dienone is 1. The molecule has 4 rings (SSSR count). The highest BCUT2D eigenvalue weighted by Gasteiger charge is 2.50. The van der Waals surface area contributed by atoms with Crippen molar-refractivity contribution in [1.82, 2.24) is 10.2 Å². The first-order valence-corrected chi connectivity index (χ1v) is 10.8. The number of likely N-dealkylation sites (N-methyl/N-ethyl adjacent to an activating group) is 1. The van der Waals surface area contributed by atoms with Gasteiger partial charge in [0, 0.05) is 19.1 Å². The fraction of sp³-hybridized carbons (Fsp3) is 0.667. The average Bonchev–Trinajstić information content (AvgIpc) is 2.71. The van der Waals surface area contributed by atoms with Gasteiger partial charge in [-0.3, -0.25) is 0 Å². The molecule has 3 aliphatic carbocycles.